The van der Waals surface area contributed by atoms with Crippen molar-refractivity contribution in [2.75, 3.05) is 0 Å². The van der Waals surface area contributed by atoms with Gasteiger partial charge in [-0.3, -0.25) is 9.13 Å². The Morgan fingerprint density at radius 1 is 0.227 bits per heavy atom. The molecule has 16 aromatic carbocycles. The predicted octanol–water partition coefficient (Wildman–Crippen LogP) is 27.0. The first-order valence-corrected chi connectivity index (χ1v) is 39.1. The lowest BCUT2D eigenvalue weighted by molar-refractivity contribution is 1.02. The standard InChI is InChI=1S/C100H54N8S2/c1-2-24-57-55(22-1)23-19-35-68(57)91-97-92(74-33-11-17-44-89(74)109-97)104-100(103-91)108-84-43-16-10-32-67(84)78-52-86-80(54-88(78)108)73-39-21-37-71-76-50-56(46-47-63(76)65-30-8-14-41-82(65)106(86)96(71)73)58-48-49-69(61-27-5-3-25-59(58)61)93-98(101-94-75-34-12-18-45-90(75)110-99(94)102-93)107-83-42-15-9-31-66(83)77-51-85-79(53-87(77)107)72-38-20-36-70-62-28-6-4-26-60(62)64-29-7-13-40-81(64)105(85)95(70)72/h1-54H. The highest BCUT2D eigenvalue weighted by Crippen LogP contribution is 2.53. The third-order valence-electron chi connectivity index (χ3n) is 23.9. The molecule has 0 N–H and O–H groups in total. The number of aromatic nitrogens is 8. The second kappa shape index (κ2) is 21.8. The van der Waals surface area contributed by atoms with Gasteiger partial charge in [0.2, 0.25) is 5.95 Å². The summed E-state index contributed by atoms with van der Waals surface area (Å²) in [6.45, 7) is 0. The highest BCUT2D eigenvalue weighted by molar-refractivity contribution is 7.26. The van der Waals surface area contributed by atoms with Crippen LogP contribution in [0.25, 0.3) is 251 Å². The topological polar surface area (TPSA) is 71.3 Å². The molecule has 10 heterocycles. The van der Waals surface area contributed by atoms with Gasteiger partial charge in [-0.2, -0.15) is 0 Å². The highest BCUT2D eigenvalue weighted by atomic mass is 32.1. The van der Waals surface area contributed by atoms with Crippen LogP contribution in [0.3, 0.4) is 0 Å². The van der Waals surface area contributed by atoms with Gasteiger partial charge in [0.15, 0.2) is 5.82 Å². The van der Waals surface area contributed by atoms with Crippen LogP contribution in [0, 0.1) is 0 Å². The van der Waals surface area contributed by atoms with Crippen LogP contribution in [0.5, 0.6) is 0 Å². The third kappa shape index (κ3) is 7.86. The average molecular weight is 1430 g/mol. The van der Waals surface area contributed by atoms with Crippen molar-refractivity contribution < 1.29 is 0 Å². The summed E-state index contributed by atoms with van der Waals surface area (Å²) in [6, 6.07) is 121. The molecule has 24 aromatic rings. The molecule has 110 heavy (non-hydrogen) atoms. The fourth-order valence-corrected chi connectivity index (χ4v) is 21.4. The second-order valence-corrected chi connectivity index (χ2v) is 31.5. The van der Waals surface area contributed by atoms with Crippen molar-refractivity contribution in [3.8, 4) is 101 Å². The number of hydrogen-bond donors (Lipinski definition) is 0. The van der Waals surface area contributed by atoms with Crippen molar-refractivity contribution in [1.82, 2.24) is 38.2 Å². The van der Waals surface area contributed by atoms with Crippen molar-refractivity contribution in [2.45, 2.75) is 0 Å². The van der Waals surface area contributed by atoms with Crippen LogP contribution in [0.1, 0.15) is 0 Å². The van der Waals surface area contributed by atoms with Gasteiger partial charge in [0, 0.05) is 96.6 Å². The molecular weight excluding hydrogens is 1380 g/mol. The Bertz CT molecular complexity index is 8320. The van der Waals surface area contributed by atoms with Crippen LogP contribution in [-0.4, -0.2) is 38.2 Å². The van der Waals surface area contributed by atoms with Crippen molar-refractivity contribution in [1.29, 1.82) is 0 Å². The summed E-state index contributed by atoms with van der Waals surface area (Å²) in [5.74, 6) is 1.43. The number of nitrogens with zero attached hydrogens (tertiary/aromatic N) is 8. The number of benzene rings is 16. The Labute approximate surface area is 634 Å². The lowest BCUT2D eigenvalue weighted by Crippen LogP contribution is -2.03. The summed E-state index contributed by atoms with van der Waals surface area (Å²) in [5, 5.41) is 16.1. The molecule has 506 valence electrons. The Hall–Kier alpha value is -14.2. The van der Waals surface area contributed by atoms with E-state index in [2.05, 4.69) is 346 Å². The minimum absolute atomic E-state index is 0.645. The summed E-state index contributed by atoms with van der Waals surface area (Å²) in [5.41, 5.74) is 28.9. The molecule has 0 saturated carbocycles. The summed E-state index contributed by atoms with van der Waals surface area (Å²) >= 11 is 3.48. The normalized spacial score (nSPS) is 12.5. The second-order valence-electron chi connectivity index (χ2n) is 29.4. The van der Waals surface area contributed by atoms with Gasteiger partial charge >= 0.3 is 0 Å². The molecule has 0 aliphatic carbocycles. The average Bonchev–Trinajstić information content (AvgIpc) is 1.54. The first-order valence-electron chi connectivity index (χ1n) is 37.4. The van der Waals surface area contributed by atoms with E-state index >= 15 is 0 Å². The summed E-state index contributed by atoms with van der Waals surface area (Å²) in [4.78, 5) is 24.1. The zero-order valence-corrected chi connectivity index (χ0v) is 60.2. The molecule has 10 heteroatoms. The van der Waals surface area contributed by atoms with Crippen molar-refractivity contribution in [3.05, 3.63) is 328 Å². The van der Waals surface area contributed by atoms with Crippen LogP contribution in [0.2, 0.25) is 0 Å². The summed E-state index contributed by atoms with van der Waals surface area (Å²) in [6.07, 6.45) is 0. The molecule has 0 radical (unpaired) electrons. The lowest BCUT2D eigenvalue weighted by atomic mass is 9.88. The fourth-order valence-electron chi connectivity index (χ4n) is 19.2. The first-order chi connectivity index (χ1) is 54.6. The predicted molar refractivity (Wildman–Crippen MR) is 461 cm³/mol. The quantitative estimate of drug-likeness (QED) is 0.172. The molecule has 26 rings (SSSR count). The maximum Gasteiger partial charge on any atom is 0.235 e. The van der Waals surface area contributed by atoms with Crippen molar-refractivity contribution in [2.24, 2.45) is 0 Å². The molecule has 2 aliphatic rings. The van der Waals surface area contributed by atoms with E-state index in [0.29, 0.717) is 5.95 Å². The van der Waals surface area contributed by atoms with E-state index in [1.165, 1.54) is 93.0 Å². The number of para-hydroxylation sites is 6. The monoisotopic (exact) mass is 1430 g/mol. The number of rotatable bonds is 5. The van der Waals surface area contributed by atoms with Gasteiger partial charge in [-0.25, -0.2) is 19.9 Å². The van der Waals surface area contributed by atoms with E-state index in [1.807, 2.05) is 0 Å². The maximum atomic E-state index is 5.93. The van der Waals surface area contributed by atoms with Crippen LogP contribution >= 0.6 is 22.7 Å². The fraction of sp³-hybridized carbons (Fsp3) is 0. The Morgan fingerprint density at radius 2 is 0.664 bits per heavy atom. The van der Waals surface area contributed by atoms with Crippen molar-refractivity contribution >= 4 is 172 Å². The van der Waals surface area contributed by atoms with E-state index in [9.17, 15) is 0 Å². The van der Waals surface area contributed by atoms with E-state index in [-0.39, 0.29) is 0 Å². The molecule has 0 saturated heterocycles. The Morgan fingerprint density at radius 3 is 1.35 bits per heavy atom. The minimum atomic E-state index is 0.645. The molecule has 0 fully saturated rings. The van der Waals surface area contributed by atoms with Crippen LogP contribution in [0.15, 0.2) is 328 Å². The molecule has 8 aromatic heterocycles. The van der Waals surface area contributed by atoms with Gasteiger partial charge in [-0.15, -0.1) is 22.7 Å². The number of hydrogen-bond acceptors (Lipinski definition) is 6. The zero-order valence-electron chi connectivity index (χ0n) is 58.6. The minimum Gasteiger partial charge on any atom is -0.308 e. The summed E-state index contributed by atoms with van der Waals surface area (Å²) in [7, 11) is 0. The van der Waals surface area contributed by atoms with E-state index in [4.69, 9.17) is 19.9 Å². The SMILES string of the molecule is c1ccc2c(c1)-c1ccccc1-n1c3cc4c5ccccc5n(-c5nc6c(nc5-c5ccc(-c7ccc8c(c7)-c7cccc9c%10cc%11c(cc%10n(c79)-c7ccccc7-8)c7ccccc7n%11-c7nc(-c8cccc9ccccc89)c8sc9ccccc9c8n7)c7ccccc57)sc5ccccc56)c4cc3c3cccc-2c31. The van der Waals surface area contributed by atoms with Crippen molar-refractivity contribution in [3.63, 3.8) is 0 Å². The highest BCUT2D eigenvalue weighted by Gasteiger charge is 2.32. The molecule has 0 atom stereocenters. The van der Waals surface area contributed by atoms with E-state index in [0.717, 1.165) is 152 Å². The molecule has 8 nitrogen and oxygen atoms in total. The summed E-state index contributed by atoms with van der Waals surface area (Å²) < 4.78 is 13.2. The Kier molecular flexibility index (Phi) is 11.7. The van der Waals surface area contributed by atoms with E-state index < -0.39 is 0 Å². The van der Waals surface area contributed by atoms with Crippen LogP contribution in [0.4, 0.5) is 0 Å². The first kappa shape index (κ1) is 59.0. The lowest BCUT2D eigenvalue weighted by Gasteiger charge is -2.17. The van der Waals surface area contributed by atoms with Gasteiger partial charge in [0.1, 0.15) is 16.0 Å². The Balaban J connectivity index is 0.673. The number of fused-ring (bicyclic) bond motifs is 30. The molecule has 2 aliphatic heterocycles. The maximum absolute atomic E-state index is 5.93. The van der Waals surface area contributed by atoms with Gasteiger partial charge in [0.25, 0.3) is 0 Å². The largest absolute Gasteiger partial charge is 0.308 e. The molecule has 0 unspecified atom stereocenters. The molecular formula is C100H54N8S2. The van der Waals surface area contributed by atoms with Crippen LogP contribution in [-0.2, 0) is 0 Å². The molecule has 0 spiro atoms. The van der Waals surface area contributed by atoms with E-state index in [1.54, 1.807) is 22.7 Å². The number of thiophene rings is 2. The van der Waals surface area contributed by atoms with Gasteiger partial charge in [-0.1, -0.05) is 261 Å². The van der Waals surface area contributed by atoms with Crippen LogP contribution < -0.4 is 0 Å². The van der Waals surface area contributed by atoms with Gasteiger partial charge in [-0.05, 0) is 122 Å². The molecule has 0 bridgehead atoms. The smallest absolute Gasteiger partial charge is 0.235 e. The van der Waals surface area contributed by atoms with Gasteiger partial charge < -0.3 is 9.13 Å². The zero-order chi connectivity index (χ0) is 71.3. The molecule has 0 amide bonds. The van der Waals surface area contributed by atoms with Gasteiger partial charge in [0.05, 0.1) is 71.4 Å². The third-order valence-corrected chi connectivity index (χ3v) is 26.1.